The summed E-state index contributed by atoms with van der Waals surface area (Å²) in [5.41, 5.74) is 6.71. The van der Waals surface area contributed by atoms with Crippen molar-refractivity contribution in [3.8, 4) is 11.6 Å². The quantitative estimate of drug-likeness (QED) is 0.497. The van der Waals surface area contributed by atoms with E-state index in [4.69, 9.17) is 4.74 Å². The van der Waals surface area contributed by atoms with Crippen LogP contribution in [0.3, 0.4) is 0 Å². The molecule has 114 valence electrons. The standard InChI is InChI=1S/C19H17N3O/c1-12-9-13(2)18(14(3)10-12)22-15-5-4-7-21-19(15)23-17-6-8-20-11-16(17)22/h4-11H,1-3H3. The summed E-state index contributed by atoms with van der Waals surface area (Å²) in [4.78, 5) is 10.9. The van der Waals surface area contributed by atoms with E-state index < -0.39 is 0 Å². The second-order valence-corrected chi connectivity index (χ2v) is 5.86. The maximum atomic E-state index is 5.94. The van der Waals surface area contributed by atoms with Crippen molar-refractivity contribution in [2.24, 2.45) is 0 Å². The highest BCUT2D eigenvalue weighted by atomic mass is 16.5. The number of hydrogen-bond donors (Lipinski definition) is 0. The lowest BCUT2D eigenvalue weighted by atomic mass is 10.0. The van der Waals surface area contributed by atoms with E-state index in [9.17, 15) is 0 Å². The van der Waals surface area contributed by atoms with Crippen LogP contribution in [0.4, 0.5) is 17.1 Å². The largest absolute Gasteiger partial charge is 0.435 e. The van der Waals surface area contributed by atoms with Crippen molar-refractivity contribution in [3.63, 3.8) is 0 Å². The summed E-state index contributed by atoms with van der Waals surface area (Å²) in [5.74, 6) is 1.39. The zero-order valence-electron chi connectivity index (χ0n) is 13.4. The number of pyridine rings is 2. The van der Waals surface area contributed by atoms with Gasteiger partial charge in [0, 0.05) is 18.5 Å². The lowest BCUT2D eigenvalue weighted by molar-refractivity contribution is 0.456. The molecule has 0 saturated heterocycles. The normalized spacial score (nSPS) is 12.4. The van der Waals surface area contributed by atoms with Gasteiger partial charge >= 0.3 is 0 Å². The summed E-state index contributed by atoms with van der Waals surface area (Å²) in [7, 11) is 0. The number of aryl methyl sites for hydroxylation is 3. The van der Waals surface area contributed by atoms with E-state index in [2.05, 4.69) is 47.8 Å². The fraction of sp³-hybridized carbons (Fsp3) is 0.158. The summed E-state index contributed by atoms with van der Waals surface area (Å²) in [5, 5.41) is 0. The summed E-state index contributed by atoms with van der Waals surface area (Å²) in [6, 6.07) is 10.2. The Labute approximate surface area is 135 Å². The third-order valence-electron chi connectivity index (χ3n) is 4.06. The van der Waals surface area contributed by atoms with Gasteiger partial charge in [-0.05, 0) is 44.0 Å². The molecule has 1 aliphatic rings. The number of rotatable bonds is 1. The van der Waals surface area contributed by atoms with Gasteiger partial charge in [-0.1, -0.05) is 17.7 Å². The molecule has 0 spiro atoms. The van der Waals surface area contributed by atoms with Crippen LogP contribution in [-0.4, -0.2) is 9.97 Å². The Morgan fingerprint density at radius 2 is 1.74 bits per heavy atom. The Hall–Kier alpha value is -2.88. The molecule has 0 fully saturated rings. The topological polar surface area (TPSA) is 38.2 Å². The van der Waals surface area contributed by atoms with Crippen molar-refractivity contribution in [1.82, 2.24) is 9.97 Å². The molecule has 0 aliphatic carbocycles. The Balaban J connectivity index is 2.02. The van der Waals surface area contributed by atoms with Gasteiger partial charge in [-0.2, -0.15) is 0 Å². The van der Waals surface area contributed by atoms with Gasteiger partial charge in [0.05, 0.1) is 11.9 Å². The minimum absolute atomic E-state index is 0.616. The molecule has 23 heavy (non-hydrogen) atoms. The molecule has 0 unspecified atom stereocenters. The lowest BCUT2D eigenvalue weighted by Crippen LogP contribution is -2.18. The Morgan fingerprint density at radius 1 is 0.957 bits per heavy atom. The molecule has 0 radical (unpaired) electrons. The number of benzene rings is 1. The fourth-order valence-electron chi connectivity index (χ4n) is 3.26. The van der Waals surface area contributed by atoms with Gasteiger partial charge in [-0.3, -0.25) is 4.98 Å². The molecule has 3 heterocycles. The number of ether oxygens (including phenoxy) is 1. The molecule has 2 aromatic heterocycles. The monoisotopic (exact) mass is 303 g/mol. The van der Waals surface area contributed by atoms with Crippen molar-refractivity contribution in [2.75, 3.05) is 4.90 Å². The molecule has 1 aliphatic heterocycles. The molecule has 0 saturated carbocycles. The molecule has 3 aromatic rings. The average molecular weight is 303 g/mol. The minimum atomic E-state index is 0.616. The Morgan fingerprint density at radius 3 is 2.52 bits per heavy atom. The third kappa shape index (κ3) is 2.14. The van der Waals surface area contributed by atoms with Crippen LogP contribution in [0.5, 0.6) is 11.6 Å². The van der Waals surface area contributed by atoms with Crippen molar-refractivity contribution < 1.29 is 4.74 Å². The summed E-state index contributed by atoms with van der Waals surface area (Å²) >= 11 is 0. The van der Waals surface area contributed by atoms with E-state index >= 15 is 0 Å². The van der Waals surface area contributed by atoms with Gasteiger partial charge in [0.15, 0.2) is 5.75 Å². The van der Waals surface area contributed by atoms with Crippen LogP contribution in [0, 0.1) is 20.8 Å². The number of fused-ring (bicyclic) bond motifs is 2. The predicted molar refractivity (Wildman–Crippen MR) is 91.0 cm³/mol. The second-order valence-electron chi connectivity index (χ2n) is 5.86. The van der Waals surface area contributed by atoms with Crippen molar-refractivity contribution in [1.29, 1.82) is 0 Å². The minimum Gasteiger partial charge on any atom is -0.435 e. The second kappa shape index (κ2) is 5.09. The van der Waals surface area contributed by atoms with Gasteiger partial charge in [-0.15, -0.1) is 0 Å². The Kier molecular flexibility index (Phi) is 3.05. The molecule has 0 atom stereocenters. The maximum absolute atomic E-state index is 5.94. The number of anilines is 3. The number of aromatic nitrogens is 2. The van der Waals surface area contributed by atoms with Crippen LogP contribution in [0.15, 0.2) is 48.9 Å². The van der Waals surface area contributed by atoms with Crippen molar-refractivity contribution in [3.05, 3.63) is 65.6 Å². The van der Waals surface area contributed by atoms with Gasteiger partial charge in [-0.25, -0.2) is 4.98 Å². The number of nitrogens with zero attached hydrogens (tertiary/aromatic N) is 3. The van der Waals surface area contributed by atoms with Crippen LogP contribution in [-0.2, 0) is 0 Å². The van der Waals surface area contributed by atoms with Crippen LogP contribution in [0.2, 0.25) is 0 Å². The molecule has 4 heteroatoms. The van der Waals surface area contributed by atoms with E-state index in [1.165, 1.54) is 16.7 Å². The van der Waals surface area contributed by atoms with Crippen LogP contribution >= 0.6 is 0 Å². The average Bonchev–Trinajstić information content (AvgIpc) is 2.53. The van der Waals surface area contributed by atoms with E-state index in [0.29, 0.717) is 5.88 Å². The molecule has 0 amide bonds. The van der Waals surface area contributed by atoms with E-state index in [-0.39, 0.29) is 0 Å². The third-order valence-corrected chi connectivity index (χ3v) is 4.06. The van der Waals surface area contributed by atoms with Gasteiger partial charge in [0.1, 0.15) is 11.4 Å². The molecule has 1 aromatic carbocycles. The zero-order chi connectivity index (χ0) is 16.0. The van der Waals surface area contributed by atoms with E-state index in [0.717, 1.165) is 22.8 Å². The summed E-state index contributed by atoms with van der Waals surface area (Å²) in [6.07, 6.45) is 5.32. The van der Waals surface area contributed by atoms with Gasteiger partial charge < -0.3 is 9.64 Å². The first kappa shape index (κ1) is 13.8. The van der Waals surface area contributed by atoms with Gasteiger partial charge in [0.2, 0.25) is 5.88 Å². The lowest BCUT2D eigenvalue weighted by Gasteiger charge is -2.33. The Bertz CT molecular complexity index is 836. The number of hydrogen-bond acceptors (Lipinski definition) is 4. The summed E-state index contributed by atoms with van der Waals surface area (Å²) in [6.45, 7) is 6.39. The molecular weight excluding hydrogens is 286 g/mol. The van der Waals surface area contributed by atoms with Crippen LogP contribution < -0.4 is 9.64 Å². The zero-order valence-corrected chi connectivity index (χ0v) is 13.4. The fourth-order valence-corrected chi connectivity index (χ4v) is 3.26. The molecule has 4 rings (SSSR count). The van der Waals surface area contributed by atoms with Crippen LogP contribution in [0.25, 0.3) is 0 Å². The highest BCUT2D eigenvalue weighted by molar-refractivity contribution is 5.87. The first-order chi connectivity index (χ1) is 11.1. The molecule has 4 nitrogen and oxygen atoms in total. The molecule has 0 N–H and O–H groups in total. The predicted octanol–water partition coefficient (Wildman–Crippen LogP) is 4.98. The van der Waals surface area contributed by atoms with Crippen LogP contribution in [0.1, 0.15) is 16.7 Å². The first-order valence-corrected chi connectivity index (χ1v) is 7.60. The van der Waals surface area contributed by atoms with E-state index in [1.54, 1.807) is 12.4 Å². The SMILES string of the molecule is Cc1cc(C)c(N2c3cnccc3Oc3ncccc32)c(C)c1. The highest BCUT2D eigenvalue weighted by Crippen LogP contribution is 2.50. The highest BCUT2D eigenvalue weighted by Gasteiger charge is 2.28. The van der Waals surface area contributed by atoms with E-state index in [1.807, 2.05) is 24.4 Å². The smallest absolute Gasteiger partial charge is 0.243 e. The van der Waals surface area contributed by atoms with Crippen molar-refractivity contribution >= 4 is 17.1 Å². The van der Waals surface area contributed by atoms with Gasteiger partial charge in [0.25, 0.3) is 0 Å². The van der Waals surface area contributed by atoms with Crippen molar-refractivity contribution in [2.45, 2.75) is 20.8 Å². The summed E-state index contributed by atoms with van der Waals surface area (Å²) < 4.78 is 5.94. The molecule has 0 bridgehead atoms. The first-order valence-electron chi connectivity index (χ1n) is 7.60. The maximum Gasteiger partial charge on any atom is 0.243 e. The molecular formula is C19H17N3O.